The van der Waals surface area contributed by atoms with Gasteiger partial charge in [0.05, 0.1) is 30.3 Å². The number of amides is 2. The fourth-order valence-electron chi connectivity index (χ4n) is 4.68. The van der Waals surface area contributed by atoms with Gasteiger partial charge in [-0.1, -0.05) is 48.9 Å². The summed E-state index contributed by atoms with van der Waals surface area (Å²) in [5.41, 5.74) is 2.51. The number of rotatable bonds is 9. The Balaban J connectivity index is 1.32. The van der Waals surface area contributed by atoms with Crippen LogP contribution in [0.1, 0.15) is 41.6 Å². The Labute approximate surface area is 230 Å². The molecule has 4 aromatic rings. The maximum atomic E-state index is 13.5. The Hall–Kier alpha value is -4.11. The molecule has 0 bridgehead atoms. The summed E-state index contributed by atoms with van der Waals surface area (Å²) in [6.45, 7) is 0.267. The largest absolute Gasteiger partial charge is 0.497 e. The molecule has 1 aliphatic rings. The van der Waals surface area contributed by atoms with Gasteiger partial charge in [-0.3, -0.25) is 19.0 Å². The standard InChI is InChI=1S/C30H30N4O4S/c1-38-24-16-14-23(15-17-24)31-27(35)19-39-30-33-26-9-5-4-8-25(26)29(37)34(30)18-20-10-12-21(13-11-20)28(36)32-22-6-2-3-7-22/h4-5,8-17,22H,2-3,6-7,18-19H2,1H3,(H,31,35)(H,32,36). The van der Waals surface area contributed by atoms with Gasteiger partial charge in [0.25, 0.3) is 11.5 Å². The van der Waals surface area contributed by atoms with E-state index in [2.05, 4.69) is 10.6 Å². The average molecular weight is 543 g/mol. The second-order valence-electron chi connectivity index (χ2n) is 9.52. The van der Waals surface area contributed by atoms with E-state index in [0.717, 1.165) is 31.2 Å². The van der Waals surface area contributed by atoms with E-state index < -0.39 is 0 Å². The lowest BCUT2D eigenvalue weighted by Gasteiger charge is -2.14. The van der Waals surface area contributed by atoms with Crippen molar-refractivity contribution >= 4 is 40.2 Å². The molecule has 1 fully saturated rings. The van der Waals surface area contributed by atoms with E-state index in [9.17, 15) is 14.4 Å². The molecule has 2 N–H and O–H groups in total. The smallest absolute Gasteiger partial charge is 0.262 e. The van der Waals surface area contributed by atoms with Crippen LogP contribution in [0.15, 0.2) is 82.7 Å². The zero-order chi connectivity index (χ0) is 27.2. The summed E-state index contributed by atoms with van der Waals surface area (Å²) < 4.78 is 6.74. The Kier molecular flexibility index (Phi) is 8.27. The Morgan fingerprint density at radius 2 is 1.72 bits per heavy atom. The van der Waals surface area contributed by atoms with Crippen molar-refractivity contribution in [3.8, 4) is 5.75 Å². The molecule has 1 aromatic heterocycles. The number of thioether (sulfide) groups is 1. The second kappa shape index (κ2) is 12.2. The zero-order valence-corrected chi connectivity index (χ0v) is 22.5. The molecule has 3 aromatic carbocycles. The number of nitrogens with one attached hydrogen (secondary N) is 2. The molecule has 8 nitrogen and oxygen atoms in total. The minimum Gasteiger partial charge on any atom is -0.497 e. The van der Waals surface area contributed by atoms with Crippen molar-refractivity contribution in [2.75, 3.05) is 18.2 Å². The van der Waals surface area contributed by atoms with E-state index in [-0.39, 0.29) is 35.7 Å². The van der Waals surface area contributed by atoms with Crippen LogP contribution in [0.3, 0.4) is 0 Å². The minimum atomic E-state index is -0.211. The normalized spacial score (nSPS) is 13.4. The van der Waals surface area contributed by atoms with Gasteiger partial charge in [0.15, 0.2) is 5.16 Å². The topological polar surface area (TPSA) is 102 Å². The molecule has 1 saturated carbocycles. The lowest BCUT2D eigenvalue weighted by atomic mass is 10.1. The van der Waals surface area contributed by atoms with Crippen LogP contribution in [-0.2, 0) is 11.3 Å². The maximum Gasteiger partial charge on any atom is 0.262 e. The fourth-order valence-corrected chi connectivity index (χ4v) is 5.48. The molecule has 9 heteroatoms. The highest BCUT2D eigenvalue weighted by molar-refractivity contribution is 7.99. The van der Waals surface area contributed by atoms with Crippen LogP contribution < -0.4 is 20.9 Å². The zero-order valence-electron chi connectivity index (χ0n) is 21.7. The molecule has 5 rings (SSSR count). The fraction of sp³-hybridized carbons (Fsp3) is 0.267. The molecule has 0 aliphatic heterocycles. The lowest BCUT2D eigenvalue weighted by molar-refractivity contribution is -0.113. The van der Waals surface area contributed by atoms with Crippen molar-refractivity contribution in [1.82, 2.24) is 14.9 Å². The molecule has 39 heavy (non-hydrogen) atoms. The molecule has 1 heterocycles. The number of hydrogen-bond acceptors (Lipinski definition) is 6. The van der Waals surface area contributed by atoms with Gasteiger partial charge in [0.1, 0.15) is 5.75 Å². The van der Waals surface area contributed by atoms with Crippen LogP contribution in [0.4, 0.5) is 5.69 Å². The van der Waals surface area contributed by atoms with E-state index in [1.807, 2.05) is 24.3 Å². The third kappa shape index (κ3) is 6.49. The number of carbonyl (C=O) groups is 2. The SMILES string of the molecule is COc1ccc(NC(=O)CSc2nc3ccccc3c(=O)n2Cc2ccc(C(=O)NC3CCCC3)cc2)cc1. The minimum absolute atomic E-state index is 0.0721. The molecular formula is C30H30N4O4S. The predicted octanol–water partition coefficient (Wildman–Crippen LogP) is 4.86. The number of para-hydroxylation sites is 1. The van der Waals surface area contributed by atoms with Crippen molar-refractivity contribution in [2.45, 2.75) is 43.4 Å². The first-order chi connectivity index (χ1) is 19.0. The van der Waals surface area contributed by atoms with E-state index >= 15 is 0 Å². The van der Waals surface area contributed by atoms with Crippen LogP contribution in [0.25, 0.3) is 10.9 Å². The molecular weight excluding hydrogens is 512 g/mol. The van der Waals surface area contributed by atoms with Gasteiger partial charge in [-0.05, 0) is 66.9 Å². The number of benzene rings is 3. The summed E-state index contributed by atoms with van der Waals surface area (Å²) in [6.07, 6.45) is 4.37. The van der Waals surface area contributed by atoms with Gasteiger partial charge in [0.2, 0.25) is 5.91 Å². The van der Waals surface area contributed by atoms with E-state index in [0.29, 0.717) is 33.1 Å². The number of nitrogens with zero attached hydrogens (tertiary/aromatic N) is 2. The van der Waals surface area contributed by atoms with Crippen LogP contribution >= 0.6 is 11.8 Å². The van der Waals surface area contributed by atoms with Crippen molar-refractivity contribution in [1.29, 1.82) is 0 Å². The number of carbonyl (C=O) groups excluding carboxylic acids is 2. The second-order valence-corrected chi connectivity index (χ2v) is 10.5. The number of ether oxygens (including phenoxy) is 1. The van der Waals surface area contributed by atoms with Crippen LogP contribution in [-0.4, -0.2) is 40.3 Å². The predicted molar refractivity (Wildman–Crippen MR) is 154 cm³/mol. The summed E-state index contributed by atoms with van der Waals surface area (Å²) >= 11 is 1.21. The number of fused-ring (bicyclic) bond motifs is 1. The van der Waals surface area contributed by atoms with Gasteiger partial charge in [-0.15, -0.1) is 0 Å². The summed E-state index contributed by atoms with van der Waals surface area (Å²) in [5, 5.41) is 6.92. The first-order valence-electron chi connectivity index (χ1n) is 13.0. The number of aromatic nitrogens is 2. The first-order valence-corrected chi connectivity index (χ1v) is 13.9. The molecule has 0 atom stereocenters. The lowest BCUT2D eigenvalue weighted by Crippen LogP contribution is -2.32. The van der Waals surface area contributed by atoms with Crippen LogP contribution in [0.2, 0.25) is 0 Å². The van der Waals surface area contributed by atoms with Crippen molar-refractivity contribution in [3.05, 3.63) is 94.3 Å². The molecule has 200 valence electrons. The average Bonchev–Trinajstić information content (AvgIpc) is 3.47. The van der Waals surface area contributed by atoms with Crippen LogP contribution in [0.5, 0.6) is 5.75 Å². The summed E-state index contributed by atoms with van der Waals surface area (Å²) in [6, 6.07) is 21.8. The van der Waals surface area contributed by atoms with Gasteiger partial charge in [-0.25, -0.2) is 4.98 Å². The highest BCUT2D eigenvalue weighted by Gasteiger charge is 2.18. The third-order valence-electron chi connectivity index (χ3n) is 6.78. The Morgan fingerprint density at radius 3 is 2.44 bits per heavy atom. The summed E-state index contributed by atoms with van der Waals surface area (Å²) in [4.78, 5) is 43.4. The molecule has 0 radical (unpaired) electrons. The molecule has 2 amide bonds. The van der Waals surface area contributed by atoms with Crippen molar-refractivity contribution in [2.24, 2.45) is 0 Å². The van der Waals surface area contributed by atoms with E-state index in [1.54, 1.807) is 60.2 Å². The third-order valence-corrected chi connectivity index (χ3v) is 7.76. The molecule has 0 saturated heterocycles. The van der Waals surface area contributed by atoms with E-state index in [4.69, 9.17) is 9.72 Å². The molecule has 1 aliphatic carbocycles. The Morgan fingerprint density at radius 1 is 1.00 bits per heavy atom. The number of methoxy groups -OCH3 is 1. The Bertz CT molecular complexity index is 1530. The monoisotopic (exact) mass is 542 g/mol. The quantitative estimate of drug-likeness (QED) is 0.231. The van der Waals surface area contributed by atoms with E-state index in [1.165, 1.54) is 11.8 Å². The van der Waals surface area contributed by atoms with Gasteiger partial charge >= 0.3 is 0 Å². The van der Waals surface area contributed by atoms with Crippen molar-refractivity contribution in [3.63, 3.8) is 0 Å². The van der Waals surface area contributed by atoms with Crippen molar-refractivity contribution < 1.29 is 14.3 Å². The summed E-state index contributed by atoms with van der Waals surface area (Å²) in [5.74, 6) is 0.500. The highest BCUT2D eigenvalue weighted by atomic mass is 32.2. The van der Waals surface area contributed by atoms with Gasteiger partial charge in [0, 0.05) is 17.3 Å². The number of anilines is 1. The highest BCUT2D eigenvalue weighted by Crippen LogP contribution is 2.21. The number of hydrogen-bond donors (Lipinski definition) is 2. The van der Waals surface area contributed by atoms with Gasteiger partial charge in [-0.2, -0.15) is 0 Å². The summed E-state index contributed by atoms with van der Waals surface area (Å²) in [7, 11) is 1.59. The van der Waals surface area contributed by atoms with Crippen LogP contribution in [0, 0.1) is 0 Å². The molecule has 0 unspecified atom stereocenters. The molecule has 0 spiro atoms. The maximum absolute atomic E-state index is 13.5. The van der Waals surface area contributed by atoms with Gasteiger partial charge < -0.3 is 15.4 Å². The first kappa shape index (κ1) is 26.5.